The number of carbonyl (C=O) groups is 1. The summed E-state index contributed by atoms with van der Waals surface area (Å²) in [6.07, 6.45) is 4.55. The topological polar surface area (TPSA) is 47.6 Å². The molecule has 1 N–H and O–H groups in total. The summed E-state index contributed by atoms with van der Waals surface area (Å²) < 4.78 is 10.5. The Balaban J connectivity index is 1.86. The first-order chi connectivity index (χ1) is 12.2. The van der Waals surface area contributed by atoms with E-state index in [9.17, 15) is 4.79 Å². The first kappa shape index (κ1) is 18.8. The second kappa shape index (κ2) is 9.72. The highest BCUT2D eigenvalue weighted by Gasteiger charge is 2.07. The fraction of sp³-hybridized carbons (Fsp3) is 0.381. The van der Waals surface area contributed by atoms with Crippen LogP contribution in [0.5, 0.6) is 11.5 Å². The molecule has 0 atom stereocenters. The van der Waals surface area contributed by atoms with E-state index < -0.39 is 0 Å². The van der Waals surface area contributed by atoms with Gasteiger partial charge in [-0.2, -0.15) is 0 Å². The van der Waals surface area contributed by atoms with E-state index in [0.29, 0.717) is 24.3 Å². The zero-order valence-electron chi connectivity index (χ0n) is 15.3. The fourth-order valence-electron chi connectivity index (χ4n) is 2.65. The third-order valence-corrected chi connectivity index (χ3v) is 4.15. The molecule has 134 valence electrons. The molecule has 0 saturated heterocycles. The van der Waals surface area contributed by atoms with Crippen LogP contribution in [-0.4, -0.2) is 20.1 Å². The third kappa shape index (κ3) is 5.82. The number of amides is 1. The summed E-state index contributed by atoms with van der Waals surface area (Å²) in [6.45, 7) is 2.19. The standard InChI is InChI=1S/C21H27NO3/c1-4-5-6-16-7-11-18(12-8-16)22-21(23)14-10-17-9-13-19(24-2)20(15-17)25-3/h7-9,11-13,15H,4-6,10,14H2,1-3H3,(H,22,23). The van der Waals surface area contributed by atoms with Crippen LogP contribution in [-0.2, 0) is 17.6 Å². The number of hydrogen-bond acceptors (Lipinski definition) is 3. The Bertz CT molecular complexity index is 680. The molecule has 0 spiro atoms. The van der Waals surface area contributed by atoms with Gasteiger partial charge in [0.2, 0.25) is 5.91 Å². The highest BCUT2D eigenvalue weighted by Crippen LogP contribution is 2.28. The number of anilines is 1. The van der Waals surface area contributed by atoms with Gasteiger partial charge in [0, 0.05) is 12.1 Å². The lowest BCUT2D eigenvalue weighted by molar-refractivity contribution is -0.116. The first-order valence-corrected chi connectivity index (χ1v) is 8.76. The van der Waals surface area contributed by atoms with Gasteiger partial charge in [-0.3, -0.25) is 4.79 Å². The van der Waals surface area contributed by atoms with Gasteiger partial charge < -0.3 is 14.8 Å². The largest absolute Gasteiger partial charge is 0.493 e. The van der Waals surface area contributed by atoms with E-state index in [4.69, 9.17) is 9.47 Å². The van der Waals surface area contributed by atoms with Crippen LogP contribution in [0.15, 0.2) is 42.5 Å². The van der Waals surface area contributed by atoms with E-state index in [0.717, 1.165) is 17.7 Å². The quantitative estimate of drug-likeness (QED) is 0.724. The number of hydrogen-bond donors (Lipinski definition) is 1. The Kier molecular flexibility index (Phi) is 7.33. The lowest BCUT2D eigenvalue weighted by Gasteiger charge is -2.10. The van der Waals surface area contributed by atoms with Crippen LogP contribution in [0, 0.1) is 0 Å². The average Bonchev–Trinajstić information content (AvgIpc) is 2.65. The zero-order valence-corrected chi connectivity index (χ0v) is 15.3. The van der Waals surface area contributed by atoms with Crippen molar-refractivity contribution in [3.05, 3.63) is 53.6 Å². The summed E-state index contributed by atoms with van der Waals surface area (Å²) in [5, 5.41) is 2.95. The molecule has 4 nitrogen and oxygen atoms in total. The number of nitrogens with one attached hydrogen (secondary N) is 1. The first-order valence-electron chi connectivity index (χ1n) is 8.76. The molecule has 0 fully saturated rings. The van der Waals surface area contributed by atoms with Gasteiger partial charge >= 0.3 is 0 Å². The SMILES string of the molecule is CCCCc1ccc(NC(=O)CCc2ccc(OC)c(OC)c2)cc1. The molecule has 0 aliphatic rings. The van der Waals surface area contributed by atoms with Crippen molar-refractivity contribution < 1.29 is 14.3 Å². The summed E-state index contributed by atoms with van der Waals surface area (Å²) in [5.74, 6) is 1.39. The summed E-state index contributed by atoms with van der Waals surface area (Å²) in [7, 11) is 3.22. The van der Waals surface area contributed by atoms with Crippen molar-refractivity contribution in [3.8, 4) is 11.5 Å². The molecule has 0 radical (unpaired) electrons. The van der Waals surface area contributed by atoms with Crippen LogP contribution in [0.4, 0.5) is 5.69 Å². The minimum atomic E-state index is 0.0103. The molecule has 0 heterocycles. The summed E-state index contributed by atoms with van der Waals surface area (Å²) in [5.41, 5.74) is 3.20. The molecule has 0 bridgehead atoms. The number of ether oxygens (including phenoxy) is 2. The van der Waals surface area contributed by atoms with Gasteiger partial charge in [-0.1, -0.05) is 31.5 Å². The summed E-state index contributed by atoms with van der Waals surface area (Å²) in [6, 6.07) is 13.8. The smallest absolute Gasteiger partial charge is 0.224 e. The molecule has 0 saturated carbocycles. The Morgan fingerprint density at radius 1 is 0.920 bits per heavy atom. The highest BCUT2D eigenvalue weighted by atomic mass is 16.5. The van der Waals surface area contributed by atoms with Crippen molar-refractivity contribution in [2.45, 2.75) is 39.0 Å². The molecule has 2 aromatic rings. The number of benzene rings is 2. The van der Waals surface area contributed by atoms with Gasteiger partial charge in [0.15, 0.2) is 11.5 Å². The number of unbranched alkanes of at least 4 members (excludes halogenated alkanes) is 1. The molecule has 1 amide bonds. The molecule has 2 rings (SSSR count). The van der Waals surface area contributed by atoms with Crippen molar-refractivity contribution in [1.29, 1.82) is 0 Å². The zero-order chi connectivity index (χ0) is 18.1. The maximum atomic E-state index is 12.2. The van der Waals surface area contributed by atoms with Gasteiger partial charge in [0.1, 0.15) is 0 Å². The lowest BCUT2D eigenvalue weighted by Crippen LogP contribution is -2.12. The molecule has 4 heteroatoms. The van der Waals surface area contributed by atoms with E-state index in [2.05, 4.69) is 24.4 Å². The van der Waals surface area contributed by atoms with Crippen LogP contribution in [0.2, 0.25) is 0 Å². The van der Waals surface area contributed by atoms with Gasteiger partial charge in [-0.05, 0) is 54.7 Å². The van der Waals surface area contributed by atoms with Crippen molar-refractivity contribution >= 4 is 11.6 Å². The van der Waals surface area contributed by atoms with Crippen molar-refractivity contribution in [1.82, 2.24) is 0 Å². The monoisotopic (exact) mass is 341 g/mol. The molecule has 0 unspecified atom stereocenters. The Hall–Kier alpha value is -2.49. The van der Waals surface area contributed by atoms with E-state index in [-0.39, 0.29) is 5.91 Å². The van der Waals surface area contributed by atoms with Gasteiger partial charge in [0.25, 0.3) is 0 Å². The summed E-state index contributed by atoms with van der Waals surface area (Å²) >= 11 is 0. The molecule has 0 aliphatic carbocycles. The van der Waals surface area contributed by atoms with Crippen LogP contribution < -0.4 is 14.8 Å². The van der Waals surface area contributed by atoms with Crippen molar-refractivity contribution in [2.75, 3.05) is 19.5 Å². The normalized spacial score (nSPS) is 10.4. The highest BCUT2D eigenvalue weighted by molar-refractivity contribution is 5.90. The van der Waals surface area contributed by atoms with E-state index in [1.54, 1.807) is 14.2 Å². The predicted molar refractivity (Wildman–Crippen MR) is 102 cm³/mol. The number of methoxy groups -OCH3 is 2. The Morgan fingerprint density at radius 2 is 1.60 bits per heavy atom. The summed E-state index contributed by atoms with van der Waals surface area (Å²) in [4.78, 5) is 12.2. The minimum absolute atomic E-state index is 0.0103. The second-order valence-corrected chi connectivity index (χ2v) is 6.04. The van der Waals surface area contributed by atoms with Crippen molar-refractivity contribution in [2.24, 2.45) is 0 Å². The fourth-order valence-corrected chi connectivity index (χ4v) is 2.65. The maximum Gasteiger partial charge on any atom is 0.224 e. The van der Waals surface area contributed by atoms with Gasteiger partial charge in [-0.25, -0.2) is 0 Å². The number of aryl methyl sites for hydroxylation is 2. The lowest BCUT2D eigenvalue weighted by atomic mass is 10.1. The molecular weight excluding hydrogens is 314 g/mol. The van der Waals surface area contributed by atoms with E-state index in [1.807, 2.05) is 30.3 Å². The Morgan fingerprint density at radius 3 is 2.24 bits per heavy atom. The molecule has 25 heavy (non-hydrogen) atoms. The van der Waals surface area contributed by atoms with E-state index in [1.165, 1.54) is 18.4 Å². The van der Waals surface area contributed by atoms with Crippen LogP contribution in [0.25, 0.3) is 0 Å². The number of rotatable bonds is 9. The Labute approximate surface area is 150 Å². The molecule has 2 aromatic carbocycles. The van der Waals surface area contributed by atoms with Crippen LogP contribution in [0.1, 0.15) is 37.3 Å². The van der Waals surface area contributed by atoms with Crippen LogP contribution >= 0.6 is 0 Å². The third-order valence-electron chi connectivity index (χ3n) is 4.15. The minimum Gasteiger partial charge on any atom is -0.493 e. The van der Waals surface area contributed by atoms with Gasteiger partial charge in [0.05, 0.1) is 14.2 Å². The van der Waals surface area contributed by atoms with Crippen LogP contribution in [0.3, 0.4) is 0 Å². The average molecular weight is 341 g/mol. The molecule has 0 aliphatic heterocycles. The van der Waals surface area contributed by atoms with Crippen molar-refractivity contribution in [3.63, 3.8) is 0 Å². The maximum absolute atomic E-state index is 12.2. The predicted octanol–water partition coefficient (Wildman–Crippen LogP) is 4.62. The molecular formula is C21H27NO3. The van der Waals surface area contributed by atoms with E-state index >= 15 is 0 Å². The second-order valence-electron chi connectivity index (χ2n) is 6.04. The molecule has 0 aromatic heterocycles. The van der Waals surface area contributed by atoms with Gasteiger partial charge in [-0.15, -0.1) is 0 Å². The number of carbonyl (C=O) groups excluding carboxylic acids is 1.